The van der Waals surface area contributed by atoms with Crippen LogP contribution in [0.5, 0.6) is 0 Å². The Morgan fingerprint density at radius 1 is 1.21 bits per heavy atom. The number of rotatable bonds is 3. The zero-order chi connectivity index (χ0) is 10.7. The smallest absolute Gasteiger partial charge is 0.137 e. The minimum absolute atomic E-state index is 0.0718. The summed E-state index contributed by atoms with van der Waals surface area (Å²) in [7, 11) is 0. The molecule has 0 aliphatic carbocycles. The Morgan fingerprint density at radius 3 is 2.14 bits per heavy atom. The molecule has 0 spiro atoms. The molecule has 0 radical (unpaired) electrons. The summed E-state index contributed by atoms with van der Waals surface area (Å²) in [6.07, 6.45) is 0.203. The minimum atomic E-state index is -0.985. The van der Waals surface area contributed by atoms with Gasteiger partial charge in [0, 0.05) is 17.0 Å². The summed E-state index contributed by atoms with van der Waals surface area (Å²) in [4.78, 5) is 0.0718. The van der Waals surface area contributed by atoms with Crippen molar-refractivity contribution in [3.8, 4) is 0 Å². The monoisotopic (exact) mass is 219 g/mol. The van der Waals surface area contributed by atoms with Crippen LogP contribution >= 0.6 is 12.2 Å². The van der Waals surface area contributed by atoms with Crippen molar-refractivity contribution in [1.82, 2.24) is 0 Å². The highest BCUT2D eigenvalue weighted by molar-refractivity contribution is 7.80. The number of halogens is 3. The third-order valence-electron chi connectivity index (χ3n) is 1.66. The van der Waals surface area contributed by atoms with E-state index < -0.39 is 17.5 Å². The number of thiocarbonyl (C=S) groups is 1. The van der Waals surface area contributed by atoms with Gasteiger partial charge >= 0.3 is 0 Å². The fourth-order valence-electron chi connectivity index (χ4n) is 1.06. The van der Waals surface area contributed by atoms with Crippen LogP contribution in [0.2, 0.25) is 0 Å². The molecule has 1 nitrogen and oxygen atoms in total. The summed E-state index contributed by atoms with van der Waals surface area (Å²) in [5.74, 6) is -2.93. The molecular formula is C9H8F3NS. The van der Waals surface area contributed by atoms with E-state index in [-0.39, 0.29) is 23.4 Å². The molecule has 0 heterocycles. The summed E-state index contributed by atoms with van der Waals surface area (Å²) in [5, 5.41) is 0. The van der Waals surface area contributed by atoms with Crippen LogP contribution in [-0.4, -0.2) is 11.4 Å². The summed E-state index contributed by atoms with van der Waals surface area (Å²) >= 11 is 4.76. The molecule has 0 saturated heterocycles. The molecule has 2 N–H and O–H groups in total. The van der Waals surface area contributed by atoms with Gasteiger partial charge in [0.25, 0.3) is 0 Å². The van der Waals surface area contributed by atoms with Crippen molar-refractivity contribution in [2.24, 2.45) is 5.73 Å². The van der Waals surface area contributed by atoms with Crippen molar-refractivity contribution in [3.63, 3.8) is 0 Å². The molecule has 1 aromatic rings. The van der Waals surface area contributed by atoms with Crippen molar-refractivity contribution < 1.29 is 13.2 Å². The van der Waals surface area contributed by atoms with Crippen LogP contribution in [-0.2, 0) is 0 Å². The van der Waals surface area contributed by atoms with Crippen molar-refractivity contribution in [1.29, 1.82) is 0 Å². The van der Waals surface area contributed by atoms with Gasteiger partial charge < -0.3 is 5.73 Å². The van der Waals surface area contributed by atoms with Crippen LogP contribution < -0.4 is 5.73 Å². The first-order valence-electron chi connectivity index (χ1n) is 3.94. The Balaban J connectivity index is 3.14. The lowest BCUT2D eigenvalue weighted by Crippen LogP contribution is -2.11. The van der Waals surface area contributed by atoms with E-state index in [1.807, 2.05) is 0 Å². The van der Waals surface area contributed by atoms with E-state index in [0.717, 1.165) is 0 Å². The lowest BCUT2D eigenvalue weighted by atomic mass is 10.1. The van der Waals surface area contributed by atoms with E-state index in [0.29, 0.717) is 12.1 Å². The van der Waals surface area contributed by atoms with Crippen molar-refractivity contribution >= 4 is 17.1 Å². The van der Waals surface area contributed by atoms with Gasteiger partial charge in [0.15, 0.2) is 0 Å². The second-order valence-electron chi connectivity index (χ2n) is 2.71. The number of benzene rings is 1. The molecule has 76 valence electrons. The van der Waals surface area contributed by atoms with Gasteiger partial charge in [-0.05, 0) is 13.0 Å². The highest BCUT2D eigenvalue weighted by Crippen LogP contribution is 2.16. The Labute approximate surface area is 84.7 Å². The number of hydrogen-bond donors (Lipinski definition) is 1. The second-order valence-corrected chi connectivity index (χ2v) is 3.20. The van der Waals surface area contributed by atoms with Crippen LogP contribution in [0.1, 0.15) is 12.0 Å². The predicted octanol–water partition coefficient (Wildman–Crippen LogP) is 2.17. The maximum absolute atomic E-state index is 13.1. The molecule has 0 atom stereocenters. The van der Waals surface area contributed by atoms with Crippen LogP contribution in [0.15, 0.2) is 12.1 Å². The Bertz CT molecular complexity index is 342. The molecule has 0 unspecified atom stereocenters. The fraction of sp³-hybridized carbons (Fsp3) is 0.222. The molecule has 0 saturated carbocycles. The van der Waals surface area contributed by atoms with Crippen molar-refractivity contribution in [2.75, 3.05) is 6.54 Å². The van der Waals surface area contributed by atoms with Crippen LogP contribution in [0, 0.1) is 17.5 Å². The summed E-state index contributed by atoms with van der Waals surface area (Å²) < 4.78 is 38.7. The highest BCUT2D eigenvalue weighted by atomic mass is 32.1. The van der Waals surface area contributed by atoms with Crippen molar-refractivity contribution in [3.05, 3.63) is 35.1 Å². The molecule has 14 heavy (non-hydrogen) atoms. The average Bonchev–Trinajstić information content (AvgIpc) is 2.01. The van der Waals surface area contributed by atoms with Gasteiger partial charge in [-0.3, -0.25) is 0 Å². The molecule has 0 aliphatic heterocycles. The van der Waals surface area contributed by atoms with E-state index in [9.17, 15) is 13.2 Å². The molecule has 1 aromatic carbocycles. The van der Waals surface area contributed by atoms with Gasteiger partial charge in [-0.2, -0.15) is 0 Å². The summed E-state index contributed by atoms with van der Waals surface area (Å²) in [6.45, 7) is 0.203. The SMILES string of the molecule is NCCC(=S)c1c(F)cc(F)cc1F. The predicted molar refractivity (Wildman–Crippen MR) is 51.7 cm³/mol. The molecule has 1 rings (SSSR count). The van der Waals surface area contributed by atoms with Gasteiger partial charge in [-0.25, -0.2) is 13.2 Å². The first-order chi connectivity index (χ1) is 6.56. The molecule has 0 bridgehead atoms. The van der Waals surface area contributed by atoms with E-state index in [4.69, 9.17) is 18.0 Å². The van der Waals surface area contributed by atoms with Gasteiger partial charge in [-0.1, -0.05) is 12.2 Å². The zero-order valence-electron chi connectivity index (χ0n) is 7.19. The van der Waals surface area contributed by atoms with Crippen molar-refractivity contribution in [2.45, 2.75) is 6.42 Å². The number of hydrogen-bond acceptors (Lipinski definition) is 2. The standard InChI is InChI=1S/C9H8F3NS/c10-5-3-6(11)9(7(12)4-5)8(14)1-2-13/h3-4H,1-2,13H2. The van der Waals surface area contributed by atoms with E-state index >= 15 is 0 Å². The lowest BCUT2D eigenvalue weighted by Gasteiger charge is -2.05. The molecule has 0 amide bonds. The highest BCUT2D eigenvalue weighted by Gasteiger charge is 2.14. The molecule has 0 aromatic heterocycles. The van der Waals surface area contributed by atoms with Crippen LogP contribution in [0.3, 0.4) is 0 Å². The Morgan fingerprint density at radius 2 is 1.71 bits per heavy atom. The molecule has 0 fully saturated rings. The summed E-state index contributed by atoms with van der Waals surface area (Å²) in [5.41, 5.74) is 4.84. The minimum Gasteiger partial charge on any atom is -0.330 e. The lowest BCUT2D eigenvalue weighted by molar-refractivity contribution is 0.540. The van der Waals surface area contributed by atoms with Gasteiger partial charge in [0.05, 0.1) is 5.56 Å². The van der Waals surface area contributed by atoms with E-state index in [1.54, 1.807) is 0 Å². The first-order valence-corrected chi connectivity index (χ1v) is 4.35. The quantitative estimate of drug-likeness (QED) is 0.622. The topological polar surface area (TPSA) is 26.0 Å². The van der Waals surface area contributed by atoms with Gasteiger partial charge in [0.1, 0.15) is 17.5 Å². The first kappa shape index (κ1) is 11.1. The largest absolute Gasteiger partial charge is 0.330 e. The summed E-state index contributed by atoms with van der Waals surface area (Å²) in [6, 6.07) is 1.20. The Hall–Kier alpha value is -0.940. The second kappa shape index (κ2) is 4.52. The number of nitrogens with two attached hydrogens (primary N) is 1. The Kier molecular flexibility index (Phi) is 3.60. The van der Waals surface area contributed by atoms with E-state index in [1.165, 1.54) is 0 Å². The zero-order valence-corrected chi connectivity index (χ0v) is 8.00. The van der Waals surface area contributed by atoms with Gasteiger partial charge in [0.2, 0.25) is 0 Å². The third kappa shape index (κ3) is 2.30. The molecule has 5 heteroatoms. The third-order valence-corrected chi connectivity index (χ3v) is 2.07. The fourth-order valence-corrected chi connectivity index (χ4v) is 1.38. The maximum atomic E-state index is 13.1. The van der Waals surface area contributed by atoms with E-state index in [2.05, 4.69) is 0 Å². The molecular weight excluding hydrogens is 211 g/mol. The normalized spacial score (nSPS) is 10.3. The van der Waals surface area contributed by atoms with Gasteiger partial charge in [-0.15, -0.1) is 0 Å². The van der Waals surface area contributed by atoms with Crippen LogP contribution in [0.25, 0.3) is 0 Å². The van der Waals surface area contributed by atoms with Crippen LogP contribution in [0.4, 0.5) is 13.2 Å². The molecule has 0 aliphatic rings. The average molecular weight is 219 g/mol. The maximum Gasteiger partial charge on any atom is 0.137 e.